The molecule has 3 nitrogen and oxygen atoms in total. The highest BCUT2D eigenvalue weighted by Crippen LogP contribution is 2.44. The lowest BCUT2D eigenvalue weighted by atomic mass is 9.80. The van der Waals surface area contributed by atoms with Crippen molar-refractivity contribution in [2.24, 2.45) is 17.8 Å². The summed E-state index contributed by atoms with van der Waals surface area (Å²) < 4.78 is 10.4. The minimum absolute atomic E-state index is 0.123. The maximum atomic E-state index is 11.7. The molecule has 2 aliphatic rings. The van der Waals surface area contributed by atoms with Gasteiger partial charge in [0.15, 0.2) is 0 Å². The van der Waals surface area contributed by atoms with Crippen LogP contribution in [0.5, 0.6) is 0 Å². The van der Waals surface area contributed by atoms with Gasteiger partial charge in [0.05, 0.1) is 6.10 Å². The predicted molar refractivity (Wildman–Crippen MR) is 51.8 cm³/mol. The molecule has 0 aromatic carbocycles. The van der Waals surface area contributed by atoms with Gasteiger partial charge in [0.2, 0.25) is 0 Å². The quantitative estimate of drug-likeness (QED) is 0.646. The molecule has 0 aromatic heterocycles. The van der Waals surface area contributed by atoms with E-state index in [0.29, 0.717) is 24.4 Å². The fourth-order valence-electron chi connectivity index (χ4n) is 2.82. The highest BCUT2D eigenvalue weighted by atomic mass is 16.7. The summed E-state index contributed by atoms with van der Waals surface area (Å²) in [6, 6.07) is 0. The number of rotatable bonds is 3. The third-order valence-electron chi connectivity index (χ3n) is 3.68. The lowest BCUT2D eigenvalue weighted by Crippen LogP contribution is -2.29. The lowest BCUT2D eigenvalue weighted by molar-refractivity contribution is -0.133. The third kappa shape index (κ3) is 1.71. The van der Waals surface area contributed by atoms with Gasteiger partial charge in [-0.15, -0.1) is 0 Å². The normalized spacial score (nSPS) is 41.7. The van der Waals surface area contributed by atoms with Crippen molar-refractivity contribution in [1.82, 2.24) is 0 Å². The topological polar surface area (TPSA) is 35.5 Å². The van der Waals surface area contributed by atoms with Crippen LogP contribution >= 0.6 is 0 Å². The summed E-state index contributed by atoms with van der Waals surface area (Å²) in [7, 11) is 1.62. The van der Waals surface area contributed by atoms with E-state index in [1.807, 2.05) is 0 Å². The van der Waals surface area contributed by atoms with Crippen molar-refractivity contribution in [2.75, 3.05) is 13.9 Å². The van der Waals surface area contributed by atoms with Crippen molar-refractivity contribution in [3.63, 3.8) is 0 Å². The molecular formula is C11H18O3. The molecule has 0 radical (unpaired) electrons. The summed E-state index contributed by atoms with van der Waals surface area (Å²) in [5.41, 5.74) is 0. The van der Waals surface area contributed by atoms with E-state index in [4.69, 9.17) is 9.47 Å². The molecule has 0 spiro atoms. The summed E-state index contributed by atoms with van der Waals surface area (Å²) in [5.74, 6) is 1.80. The van der Waals surface area contributed by atoms with Crippen LogP contribution < -0.4 is 0 Å². The summed E-state index contributed by atoms with van der Waals surface area (Å²) in [5, 5.41) is 0. The standard InChI is InChI=1S/C11H18O3/c1-7-3-10(12)9-4-8(7)5-11(9)14-6-13-2/h7-9,11H,3-6H2,1-2H3/t7-,8+,9+,11+/m1/s1. The molecule has 80 valence electrons. The lowest BCUT2D eigenvalue weighted by Gasteiger charge is -2.24. The van der Waals surface area contributed by atoms with Gasteiger partial charge in [0, 0.05) is 19.4 Å². The van der Waals surface area contributed by atoms with Gasteiger partial charge >= 0.3 is 0 Å². The first-order valence-corrected chi connectivity index (χ1v) is 5.35. The zero-order chi connectivity index (χ0) is 10.1. The smallest absolute Gasteiger partial charge is 0.146 e. The van der Waals surface area contributed by atoms with E-state index in [2.05, 4.69) is 6.92 Å². The first kappa shape index (κ1) is 10.1. The van der Waals surface area contributed by atoms with E-state index in [0.717, 1.165) is 19.3 Å². The third-order valence-corrected chi connectivity index (χ3v) is 3.68. The number of ketones is 1. The average molecular weight is 198 g/mol. The largest absolute Gasteiger partial charge is 0.359 e. The zero-order valence-electron chi connectivity index (χ0n) is 8.86. The van der Waals surface area contributed by atoms with E-state index in [1.54, 1.807) is 7.11 Å². The molecule has 2 aliphatic carbocycles. The Hall–Kier alpha value is -0.410. The molecule has 0 aliphatic heterocycles. The van der Waals surface area contributed by atoms with Crippen LogP contribution in [0.2, 0.25) is 0 Å². The molecule has 14 heavy (non-hydrogen) atoms. The molecule has 2 bridgehead atoms. The molecule has 0 N–H and O–H groups in total. The number of methoxy groups -OCH3 is 1. The summed E-state index contributed by atoms with van der Waals surface area (Å²) in [6.07, 6.45) is 2.95. The van der Waals surface area contributed by atoms with Crippen molar-refractivity contribution in [3.8, 4) is 0 Å². The number of Topliss-reactive ketones (excluding diaryl/α,β-unsaturated/α-hetero) is 1. The van der Waals surface area contributed by atoms with Crippen LogP contribution in [0.15, 0.2) is 0 Å². The number of carbonyl (C=O) groups excluding carboxylic acids is 1. The Morgan fingerprint density at radius 3 is 2.93 bits per heavy atom. The van der Waals surface area contributed by atoms with Crippen LogP contribution in [0.25, 0.3) is 0 Å². The van der Waals surface area contributed by atoms with E-state index < -0.39 is 0 Å². The number of fused-ring (bicyclic) bond motifs is 2. The van der Waals surface area contributed by atoms with Gasteiger partial charge in [-0.25, -0.2) is 0 Å². The van der Waals surface area contributed by atoms with Gasteiger partial charge in [0.25, 0.3) is 0 Å². The maximum absolute atomic E-state index is 11.7. The average Bonchev–Trinajstić information content (AvgIpc) is 2.53. The Morgan fingerprint density at radius 2 is 2.21 bits per heavy atom. The van der Waals surface area contributed by atoms with E-state index in [9.17, 15) is 4.79 Å². The van der Waals surface area contributed by atoms with Crippen LogP contribution in [0, 0.1) is 17.8 Å². The van der Waals surface area contributed by atoms with E-state index in [1.165, 1.54) is 0 Å². The highest BCUT2D eigenvalue weighted by Gasteiger charge is 2.45. The Labute approximate surface area is 84.8 Å². The minimum Gasteiger partial charge on any atom is -0.359 e. The SMILES string of the molecule is COCO[C@H]1C[C@@H]2C[C@H]1C(=O)C[C@H]2C. The fraction of sp³-hybridized carbons (Fsp3) is 0.909. The minimum atomic E-state index is 0.123. The van der Waals surface area contributed by atoms with Crippen molar-refractivity contribution < 1.29 is 14.3 Å². The monoisotopic (exact) mass is 198 g/mol. The molecule has 2 fully saturated rings. The van der Waals surface area contributed by atoms with Crippen LogP contribution in [-0.4, -0.2) is 25.8 Å². The Bertz CT molecular complexity index is 227. The fourth-order valence-corrected chi connectivity index (χ4v) is 2.82. The van der Waals surface area contributed by atoms with E-state index >= 15 is 0 Å². The number of hydrogen-bond donors (Lipinski definition) is 0. The van der Waals surface area contributed by atoms with Crippen LogP contribution in [0.1, 0.15) is 26.2 Å². The van der Waals surface area contributed by atoms with Gasteiger partial charge in [-0.2, -0.15) is 0 Å². The van der Waals surface area contributed by atoms with Crippen molar-refractivity contribution >= 4 is 5.78 Å². The second-order valence-corrected chi connectivity index (χ2v) is 4.60. The van der Waals surface area contributed by atoms with Crippen molar-refractivity contribution in [3.05, 3.63) is 0 Å². The molecule has 0 saturated heterocycles. The highest BCUT2D eigenvalue weighted by molar-refractivity contribution is 5.83. The Kier molecular flexibility index (Phi) is 2.88. The molecule has 2 rings (SSSR count). The number of ether oxygens (including phenoxy) is 2. The first-order valence-electron chi connectivity index (χ1n) is 5.35. The van der Waals surface area contributed by atoms with Gasteiger partial charge in [-0.05, 0) is 24.7 Å². The summed E-state index contributed by atoms with van der Waals surface area (Å²) >= 11 is 0. The van der Waals surface area contributed by atoms with Gasteiger partial charge < -0.3 is 9.47 Å². The number of hydrogen-bond acceptors (Lipinski definition) is 3. The first-order chi connectivity index (χ1) is 6.72. The molecule has 2 saturated carbocycles. The Morgan fingerprint density at radius 1 is 1.43 bits per heavy atom. The van der Waals surface area contributed by atoms with Crippen molar-refractivity contribution in [1.29, 1.82) is 0 Å². The number of carbonyl (C=O) groups is 1. The summed E-state index contributed by atoms with van der Waals surface area (Å²) in [6.45, 7) is 2.49. The second-order valence-electron chi connectivity index (χ2n) is 4.60. The molecule has 0 unspecified atom stereocenters. The zero-order valence-corrected chi connectivity index (χ0v) is 8.86. The van der Waals surface area contributed by atoms with Gasteiger partial charge in [0.1, 0.15) is 12.6 Å². The molecular weight excluding hydrogens is 180 g/mol. The molecule has 3 heteroatoms. The maximum Gasteiger partial charge on any atom is 0.146 e. The van der Waals surface area contributed by atoms with Crippen LogP contribution in [0.3, 0.4) is 0 Å². The van der Waals surface area contributed by atoms with Crippen molar-refractivity contribution in [2.45, 2.75) is 32.3 Å². The molecule has 0 heterocycles. The summed E-state index contributed by atoms with van der Waals surface area (Å²) in [4.78, 5) is 11.7. The molecule has 4 atom stereocenters. The predicted octanol–water partition coefficient (Wildman–Crippen LogP) is 1.61. The second kappa shape index (κ2) is 3.99. The Balaban J connectivity index is 1.98. The molecule has 0 aromatic rings. The van der Waals surface area contributed by atoms with E-state index in [-0.39, 0.29) is 12.0 Å². The van der Waals surface area contributed by atoms with Gasteiger partial charge in [-0.1, -0.05) is 6.92 Å². The van der Waals surface area contributed by atoms with Crippen LogP contribution in [0.4, 0.5) is 0 Å². The van der Waals surface area contributed by atoms with Gasteiger partial charge in [-0.3, -0.25) is 4.79 Å². The van der Waals surface area contributed by atoms with Crippen LogP contribution in [-0.2, 0) is 14.3 Å². The molecule has 0 amide bonds.